The van der Waals surface area contributed by atoms with Gasteiger partial charge in [-0.3, -0.25) is 0 Å². The van der Waals surface area contributed by atoms with Gasteiger partial charge in [0.25, 0.3) is 0 Å². The zero-order chi connectivity index (χ0) is 14.8. The Kier molecular flexibility index (Phi) is 8.43. The predicted molar refractivity (Wildman–Crippen MR) is 80.8 cm³/mol. The Morgan fingerprint density at radius 2 is 1.65 bits per heavy atom. The summed E-state index contributed by atoms with van der Waals surface area (Å²) in [6.45, 7) is 2.22. The summed E-state index contributed by atoms with van der Waals surface area (Å²) < 4.78 is 26.6. The molecule has 0 aliphatic carbocycles. The van der Waals surface area contributed by atoms with Crippen LogP contribution in [0.2, 0.25) is 0 Å². The van der Waals surface area contributed by atoms with Crippen molar-refractivity contribution in [2.45, 2.75) is 64.3 Å². The summed E-state index contributed by atoms with van der Waals surface area (Å²) in [6.07, 6.45) is 9.61. The predicted octanol–water partition coefficient (Wildman–Crippen LogP) is 5.37. The summed E-state index contributed by atoms with van der Waals surface area (Å²) >= 11 is 0. The Morgan fingerprint density at radius 1 is 1.00 bits per heavy atom. The van der Waals surface area contributed by atoms with Crippen molar-refractivity contribution >= 4 is 0 Å². The lowest BCUT2D eigenvalue weighted by molar-refractivity contribution is 0.471. The van der Waals surface area contributed by atoms with Crippen molar-refractivity contribution in [3.05, 3.63) is 35.4 Å². The minimum atomic E-state index is -0.517. The Hall–Kier alpha value is -0.960. The highest BCUT2D eigenvalue weighted by molar-refractivity contribution is 5.22. The van der Waals surface area contributed by atoms with Crippen molar-refractivity contribution in [2.75, 3.05) is 7.05 Å². The molecule has 1 rings (SSSR count). The molecule has 0 aromatic heterocycles. The molecule has 0 saturated carbocycles. The molecule has 0 spiro atoms. The lowest BCUT2D eigenvalue weighted by atomic mass is 9.99. The lowest BCUT2D eigenvalue weighted by Crippen LogP contribution is -2.17. The van der Waals surface area contributed by atoms with Crippen molar-refractivity contribution < 1.29 is 8.78 Å². The molecule has 20 heavy (non-hydrogen) atoms. The first-order valence-corrected chi connectivity index (χ1v) is 7.81. The van der Waals surface area contributed by atoms with Gasteiger partial charge in [-0.1, -0.05) is 57.9 Å². The molecule has 0 saturated heterocycles. The van der Waals surface area contributed by atoms with Crippen LogP contribution < -0.4 is 5.32 Å². The first kappa shape index (κ1) is 17.1. The summed E-state index contributed by atoms with van der Waals surface area (Å²) in [4.78, 5) is 0. The van der Waals surface area contributed by atoms with Crippen LogP contribution in [0.5, 0.6) is 0 Å². The first-order valence-electron chi connectivity index (χ1n) is 7.81. The summed E-state index contributed by atoms with van der Waals surface area (Å²) in [5.41, 5.74) is 0.569. The van der Waals surface area contributed by atoms with E-state index in [1.54, 1.807) is 6.07 Å². The minimum Gasteiger partial charge on any atom is -0.313 e. The van der Waals surface area contributed by atoms with E-state index in [1.807, 2.05) is 7.05 Å². The van der Waals surface area contributed by atoms with Gasteiger partial charge in [0.2, 0.25) is 0 Å². The van der Waals surface area contributed by atoms with E-state index in [0.717, 1.165) is 18.9 Å². The van der Waals surface area contributed by atoms with Crippen molar-refractivity contribution in [2.24, 2.45) is 0 Å². The molecule has 1 nitrogen and oxygen atoms in total. The fourth-order valence-electron chi connectivity index (χ4n) is 2.55. The molecule has 1 atom stereocenters. The van der Waals surface area contributed by atoms with E-state index in [-0.39, 0.29) is 6.04 Å². The number of rotatable bonds is 10. The second kappa shape index (κ2) is 9.87. The number of hydrogen-bond donors (Lipinski definition) is 1. The summed E-state index contributed by atoms with van der Waals surface area (Å²) in [5, 5.41) is 3.13. The van der Waals surface area contributed by atoms with Crippen LogP contribution >= 0.6 is 0 Å². The van der Waals surface area contributed by atoms with E-state index in [2.05, 4.69) is 12.2 Å². The normalized spacial score (nSPS) is 12.6. The molecule has 3 heteroatoms. The molecule has 1 aromatic rings. The average Bonchev–Trinajstić information content (AvgIpc) is 2.43. The third-order valence-corrected chi connectivity index (χ3v) is 3.78. The van der Waals surface area contributed by atoms with Gasteiger partial charge in [0.15, 0.2) is 0 Å². The monoisotopic (exact) mass is 283 g/mol. The molecule has 0 bridgehead atoms. The topological polar surface area (TPSA) is 12.0 Å². The number of benzene rings is 1. The molecule has 0 amide bonds. The van der Waals surface area contributed by atoms with Gasteiger partial charge in [-0.25, -0.2) is 8.78 Å². The number of unbranched alkanes of at least 4 members (excludes halogenated alkanes) is 6. The van der Waals surface area contributed by atoms with Crippen LogP contribution in [0.15, 0.2) is 18.2 Å². The summed E-state index contributed by atoms with van der Waals surface area (Å²) in [6, 6.07) is 3.82. The maximum atomic E-state index is 13.7. The molecule has 1 aromatic carbocycles. The van der Waals surface area contributed by atoms with Gasteiger partial charge >= 0.3 is 0 Å². The maximum Gasteiger partial charge on any atom is 0.130 e. The van der Waals surface area contributed by atoms with Gasteiger partial charge in [-0.05, 0) is 19.5 Å². The fourth-order valence-corrected chi connectivity index (χ4v) is 2.55. The highest BCUT2D eigenvalue weighted by Gasteiger charge is 2.14. The summed E-state index contributed by atoms with van der Waals surface area (Å²) in [5.74, 6) is -0.968. The highest BCUT2D eigenvalue weighted by atomic mass is 19.1. The molecule has 0 heterocycles. The maximum absolute atomic E-state index is 13.7. The largest absolute Gasteiger partial charge is 0.313 e. The SMILES string of the molecule is CCCCCCCCCC(NC)c1ccc(F)cc1F. The summed E-state index contributed by atoms with van der Waals surface area (Å²) in [7, 11) is 1.83. The van der Waals surface area contributed by atoms with Crippen LogP contribution in [0.4, 0.5) is 8.78 Å². The number of hydrogen-bond acceptors (Lipinski definition) is 1. The van der Waals surface area contributed by atoms with Crippen LogP contribution in [0.25, 0.3) is 0 Å². The van der Waals surface area contributed by atoms with Crippen LogP contribution in [-0.4, -0.2) is 7.05 Å². The average molecular weight is 283 g/mol. The Balaban J connectivity index is 2.32. The smallest absolute Gasteiger partial charge is 0.130 e. The van der Waals surface area contributed by atoms with Gasteiger partial charge in [0.05, 0.1) is 0 Å². The van der Waals surface area contributed by atoms with E-state index in [4.69, 9.17) is 0 Å². The van der Waals surface area contributed by atoms with Crippen molar-refractivity contribution in [1.82, 2.24) is 5.32 Å². The van der Waals surface area contributed by atoms with Crippen molar-refractivity contribution in [3.8, 4) is 0 Å². The fraction of sp³-hybridized carbons (Fsp3) is 0.647. The molecule has 1 N–H and O–H groups in total. The van der Waals surface area contributed by atoms with E-state index < -0.39 is 11.6 Å². The lowest BCUT2D eigenvalue weighted by Gasteiger charge is -2.17. The zero-order valence-electron chi connectivity index (χ0n) is 12.7. The van der Waals surface area contributed by atoms with E-state index in [9.17, 15) is 8.78 Å². The molecule has 0 aliphatic heterocycles. The van der Waals surface area contributed by atoms with Crippen molar-refractivity contribution in [1.29, 1.82) is 0 Å². The highest BCUT2D eigenvalue weighted by Crippen LogP contribution is 2.23. The van der Waals surface area contributed by atoms with Gasteiger partial charge in [-0.15, -0.1) is 0 Å². The number of nitrogens with one attached hydrogen (secondary N) is 1. The Labute approximate surface area is 121 Å². The second-order valence-electron chi connectivity index (χ2n) is 5.42. The van der Waals surface area contributed by atoms with Gasteiger partial charge in [0, 0.05) is 17.7 Å². The molecule has 0 radical (unpaired) electrons. The van der Waals surface area contributed by atoms with Crippen LogP contribution in [0, 0.1) is 11.6 Å². The van der Waals surface area contributed by atoms with Crippen LogP contribution in [0.1, 0.15) is 69.9 Å². The third kappa shape index (κ3) is 6.00. The quantitative estimate of drug-likeness (QED) is 0.569. The molecule has 114 valence electrons. The van der Waals surface area contributed by atoms with Gasteiger partial charge in [-0.2, -0.15) is 0 Å². The van der Waals surface area contributed by atoms with Crippen LogP contribution in [0.3, 0.4) is 0 Å². The van der Waals surface area contributed by atoms with E-state index >= 15 is 0 Å². The molecular formula is C17H27F2N. The van der Waals surface area contributed by atoms with E-state index in [0.29, 0.717) is 5.56 Å². The van der Waals surface area contributed by atoms with E-state index in [1.165, 1.54) is 44.6 Å². The Bertz CT molecular complexity index is 379. The van der Waals surface area contributed by atoms with Crippen molar-refractivity contribution in [3.63, 3.8) is 0 Å². The number of halogens is 2. The molecule has 0 fully saturated rings. The standard InChI is InChI=1S/C17H27F2N/c1-3-4-5-6-7-8-9-10-17(20-2)15-12-11-14(18)13-16(15)19/h11-13,17,20H,3-10H2,1-2H3. The second-order valence-corrected chi connectivity index (χ2v) is 5.42. The molecule has 0 aliphatic rings. The Morgan fingerprint density at radius 3 is 2.25 bits per heavy atom. The molecular weight excluding hydrogens is 256 g/mol. The zero-order valence-corrected chi connectivity index (χ0v) is 12.7. The first-order chi connectivity index (χ1) is 9.69. The van der Waals surface area contributed by atoms with Crippen LogP contribution in [-0.2, 0) is 0 Å². The molecule has 1 unspecified atom stereocenters. The minimum absolute atomic E-state index is 0.0220. The third-order valence-electron chi connectivity index (χ3n) is 3.78. The van der Waals surface area contributed by atoms with Gasteiger partial charge in [0.1, 0.15) is 11.6 Å². The van der Waals surface area contributed by atoms with Gasteiger partial charge < -0.3 is 5.32 Å².